The van der Waals surface area contributed by atoms with E-state index in [9.17, 15) is 4.79 Å². The Morgan fingerprint density at radius 3 is 2.08 bits per heavy atom. The van der Waals surface area contributed by atoms with Crippen molar-refractivity contribution >= 4 is 13.9 Å². The molecule has 0 aromatic rings. The quantitative estimate of drug-likeness (QED) is 0.465. The van der Waals surface area contributed by atoms with E-state index in [1.54, 1.807) is 0 Å². The molecule has 74 valence electrons. The van der Waals surface area contributed by atoms with Crippen LogP contribution in [0.5, 0.6) is 0 Å². The van der Waals surface area contributed by atoms with Crippen molar-refractivity contribution in [2.24, 2.45) is 0 Å². The molecular weight excluding hydrogens is 176 g/mol. The molecule has 0 N–H and O–H groups in total. The third-order valence-electron chi connectivity index (χ3n) is 2.71. The van der Waals surface area contributed by atoms with Gasteiger partial charge in [-0.25, -0.2) is 0 Å². The molecule has 0 aromatic carbocycles. The first kappa shape index (κ1) is 12.4. The minimum atomic E-state index is -1.57. The van der Waals surface area contributed by atoms with Gasteiger partial charge in [0.1, 0.15) is 8.07 Å². The molecule has 0 rings (SSSR count). The molecule has 0 heterocycles. The fraction of sp³-hybridized carbons (Fsp3) is 0.727. The van der Waals surface area contributed by atoms with Gasteiger partial charge in [0.2, 0.25) is 5.78 Å². The number of hydrogen-bond donors (Lipinski definition) is 0. The first-order valence-corrected chi connectivity index (χ1v) is 7.76. The Hall–Kier alpha value is -0.553. The van der Waals surface area contributed by atoms with Crippen LogP contribution in [0.2, 0.25) is 18.1 Å². The molecule has 13 heavy (non-hydrogen) atoms. The molecule has 0 atom stereocenters. The highest BCUT2D eigenvalue weighted by Gasteiger charge is 2.33. The smallest absolute Gasteiger partial charge is 0.204 e. The zero-order valence-electron chi connectivity index (χ0n) is 9.62. The highest BCUT2D eigenvalue weighted by molar-refractivity contribution is 6.87. The van der Waals surface area contributed by atoms with Crippen molar-refractivity contribution in [3.05, 3.63) is 0 Å². The molecule has 0 fully saturated rings. The van der Waals surface area contributed by atoms with Crippen molar-refractivity contribution in [1.29, 1.82) is 0 Å². The van der Waals surface area contributed by atoms with E-state index in [1.807, 2.05) is 6.92 Å². The summed E-state index contributed by atoms with van der Waals surface area (Å²) in [6.07, 6.45) is 0.529. The van der Waals surface area contributed by atoms with Gasteiger partial charge >= 0.3 is 0 Å². The molecule has 0 saturated carbocycles. The molecule has 0 aliphatic heterocycles. The first-order chi connectivity index (χ1) is 5.70. The summed E-state index contributed by atoms with van der Waals surface area (Å²) in [6.45, 7) is 12.9. The fourth-order valence-electron chi connectivity index (χ4n) is 0.502. The van der Waals surface area contributed by atoms with Gasteiger partial charge in [0.15, 0.2) is 0 Å². The van der Waals surface area contributed by atoms with Crippen LogP contribution in [0, 0.1) is 11.5 Å². The largest absolute Gasteiger partial charge is 0.285 e. The Labute approximate surface area is 82.9 Å². The van der Waals surface area contributed by atoms with E-state index in [2.05, 4.69) is 45.3 Å². The summed E-state index contributed by atoms with van der Waals surface area (Å²) >= 11 is 0. The Morgan fingerprint density at radius 2 is 1.77 bits per heavy atom. The van der Waals surface area contributed by atoms with E-state index in [0.29, 0.717) is 6.42 Å². The fourth-order valence-corrected chi connectivity index (χ4v) is 1.33. The molecule has 0 aliphatic rings. The van der Waals surface area contributed by atoms with Crippen molar-refractivity contribution in [3.63, 3.8) is 0 Å². The second kappa shape index (κ2) is 4.10. The number of hydrogen-bond acceptors (Lipinski definition) is 1. The lowest BCUT2D eigenvalue weighted by atomic mass is 10.2. The number of ketones is 1. The van der Waals surface area contributed by atoms with Crippen LogP contribution in [0.15, 0.2) is 0 Å². The molecule has 2 heteroatoms. The third kappa shape index (κ3) is 3.78. The average Bonchev–Trinajstić information content (AvgIpc) is 1.98. The normalized spacial score (nSPS) is 11.8. The highest BCUT2D eigenvalue weighted by atomic mass is 28.3. The van der Waals surface area contributed by atoms with Crippen LogP contribution < -0.4 is 0 Å². The number of carbonyl (C=O) groups is 1. The molecule has 0 amide bonds. The summed E-state index contributed by atoms with van der Waals surface area (Å²) in [6, 6.07) is 0. The topological polar surface area (TPSA) is 17.1 Å². The maximum absolute atomic E-state index is 11.0. The summed E-state index contributed by atoms with van der Waals surface area (Å²) in [5.41, 5.74) is 3.19. The van der Waals surface area contributed by atoms with Gasteiger partial charge in [0, 0.05) is 6.42 Å². The number of carbonyl (C=O) groups excluding carboxylic acids is 1. The molecule has 0 saturated heterocycles. The van der Waals surface area contributed by atoms with Crippen LogP contribution in [-0.2, 0) is 4.79 Å². The second-order valence-corrected chi connectivity index (χ2v) is 9.90. The molecule has 1 nitrogen and oxygen atoms in total. The van der Waals surface area contributed by atoms with Crippen molar-refractivity contribution in [3.8, 4) is 11.5 Å². The summed E-state index contributed by atoms with van der Waals surface area (Å²) in [4.78, 5) is 11.0. The molecule has 0 bridgehead atoms. The minimum Gasteiger partial charge on any atom is -0.285 e. The maximum atomic E-state index is 11.0. The SMILES string of the molecule is CCC(=O)C#C[Si](C)(C)C(C)(C)C. The van der Waals surface area contributed by atoms with Crippen molar-refractivity contribution in [1.82, 2.24) is 0 Å². The predicted molar refractivity (Wildman–Crippen MR) is 60.3 cm³/mol. The van der Waals surface area contributed by atoms with Gasteiger partial charge in [0.05, 0.1) is 0 Å². The van der Waals surface area contributed by atoms with Gasteiger partial charge in [-0.05, 0) is 11.0 Å². The van der Waals surface area contributed by atoms with Crippen molar-refractivity contribution < 1.29 is 4.79 Å². The predicted octanol–water partition coefficient (Wildman–Crippen LogP) is 3.02. The van der Waals surface area contributed by atoms with E-state index < -0.39 is 8.07 Å². The monoisotopic (exact) mass is 196 g/mol. The van der Waals surface area contributed by atoms with Gasteiger partial charge in [-0.2, -0.15) is 0 Å². The van der Waals surface area contributed by atoms with Gasteiger partial charge in [-0.15, -0.1) is 5.54 Å². The van der Waals surface area contributed by atoms with Crippen LogP contribution in [0.4, 0.5) is 0 Å². The first-order valence-electron chi connectivity index (χ1n) is 4.76. The van der Waals surface area contributed by atoms with Crippen LogP contribution in [0.1, 0.15) is 34.1 Å². The van der Waals surface area contributed by atoms with Crippen LogP contribution >= 0.6 is 0 Å². The molecule has 0 radical (unpaired) electrons. The Balaban J connectivity index is 4.66. The van der Waals surface area contributed by atoms with E-state index in [0.717, 1.165) is 0 Å². The molecule has 0 unspecified atom stereocenters. The summed E-state index contributed by atoms with van der Waals surface area (Å²) in [5, 5.41) is 0.244. The lowest BCUT2D eigenvalue weighted by Gasteiger charge is -2.31. The van der Waals surface area contributed by atoms with Crippen molar-refractivity contribution in [2.75, 3.05) is 0 Å². The Kier molecular flexibility index (Phi) is 3.93. The zero-order valence-corrected chi connectivity index (χ0v) is 10.6. The molecule has 0 spiro atoms. The lowest BCUT2D eigenvalue weighted by molar-refractivity contribution is -0.113. The van der Waals surface area contributed by atoms with E-state index in [-0.39, 0.29) is 10.8 Å². The molecular formula is C11H20OSi. The number of Topliss-reactive ketones (excluding diaryl/α,β-unsaturated/α-hetero) is 1. The van der Waals surface area contributed by atoms with Crippen molar-refractivity contribution in [2.45, 2.75) is 52.2 Å². The van der Waals surface area contributed by atoms with Crippen LogP contribution in [0.3, 0.4) is 0 Å². The average molecular weight is 196 g/mol. The van der Waals surface area contributed by atoms with Gasteiger partial charge in [-0.1, -0.05) is 40.8 Å². The molecule has 0 aromatic heterocycles. The summed E-state index contributed by atoms with van der Waals surface area (Å²) in [7, 11) is -1.57. The summed E-state index contributed by atoms with van der Waals surface area (Å²) in [5.74, 6) is 2.81. The second-order valence-electron chi connectivity index (χ2n) is 4.90. The highest BCUT2D eigenvalue weighted by Crippen LogP contribution is 2.34. The zero-order chi connectivity index (χ0) is 10.7. The van der Waals surface area contributed by atoms with Crippen LogP contribution in [-0.4, -0.2) is 13.9 Å². The Bertz CT molecular complexity index is 247. The maximum Gasteiger partial charge on any atom is 0.204 e. The molecule has 0 aliphatic carbocycles. The van der Waals surface area contributed by atoms with E-state index in [4.69, 9.17) is 0 Å². The van der Waals surface area contributed by atoms with E-state index in [1.165, 1.54) is 0 Å². The standard InChI is InChI=1S/C11H20OSi/c1-7-10(12)8-9-13(5,6)11(2,3)4/h7H2,1-6H3. The van der Waals surface area contributed by atoms with Gasteiger partial charge in [-0.3, -0.25) is 4.79 Å². The van der Waals surface area contributed by atoms with E-state index >= 15 is 0 Å². The third-order valence-corrected chi connectivity index (χ3v) is 7.21. The van der Waals surface area contributed by atoms with Gasteiger partial charge < -0.3 is 0 Å². The minimum absolute atomic E-state index is 0.0600. The summed E-state index contributed by atoms with van der Waals surface area (Å²) < 4.78 is 0. The van der Waals surface area contributed by atoms with Gasteiger partial charge in [0.25, 0.3) is 0 Å². The lowest BCUT2D eigenvalue weighted by Crippen LogP contribution is -2.35. The van der Waals surface area contributed by atoms with Crippen LogP contribution in [0.25, 0.3) is 0 Å². The number of rotatable bonds is 1. The Morgan fingerprint density at radius 1 is 1.31 bits per heavy atom.